The van der Waals surface area contributed by atoms with Crippen LogP contribution in [0.15, 0.2) is 72.4 Å². The molecular weight excluding hydrogens is 404 g/mol. The van der Waals surface area contributed by atoms with E-state index in [4.69, 9.17) is 4.74 Å². The van der Waals surface area contributed by atoms with Crippen LogP contribution in [-0.2, 0) is 22.4 Å². The van der Waals surface area contributed by atoms with Crippen molar-refractivity contribution in [3.8, 4) is 5.75 Å². The zero-order chi connectivity index (χ0) is 22.2. The number of aliphatic hydroxyl groups excluding tert-OH is 1. The lowest BCUT2D eigenvalue weighted by Crippen LogP contribution is -2.29. The van der Waals surface area contributed by atoms with Crippen LogP contribution >= 0.6 is 0 Å². The molecule has 1 unspecified atom stereocenters. The Balaban J connectivity index is 1.67. The van der Waals surface area contributed by atoms with Gasteiger partial charge < -0.3 is 9.84 Å². The maximum Gasteiger partial charge on any atom is 0.300 e. The zero-order valence-corrected chi connectivity index (χ0v) is 17.6. The van der Waals surface area contributed by atoms with Crippen molar-refractivity contribution in [3.63, 3.8) is 0 Å². The number of aromatic nitrogens is 1. The van der Waals surface area contributed by atoms with Gasteiger partial charge in [0, 0.05) is 23.9 Å². The summed E-state index contributed by atoms with van der Waals surface area (Å²) < 4.78 is 5.54. The number of fused-ring (bicyclic) bond motifs is 1. The predicted molar refractivity (Wildman–Crippen MR) is 120 cm³/mol. The average Bonchev–Trinajstić information content (AvgIpc) is 3.41. The summed E-state index contributed by atoms with van der Waals surface area (Å²) in [7, 11) is 0. The van der Waals surface area contributed by atoms with Gasteiger partial charge in [0.1, 0.15) is 17.6 Å². The van der Waals surface area contributed by atoms with Gasteiger partial charge in [-0.1, -0.05) is 25.1 Å². The van der Waals surface area contributed by atoms with E-state index in [0.717, 1.165) is 29.7 Å². The number of hydrogen-bond acceptors (Lipinski definition) is 5. The van der Waals surface area contributed by atoms with Gasteiger partial charge in [-0.25, -0.2) is 0 Å². The number of Topliss-reactive ketones (excluding diaryl/α,β-unsaturated/α-hetero) is 1. The van der Waals surface area contributed by atoms with Crippen LogP contribution in [0.4, 0.5) is 5.69 Å². The van der Waals surface area contributed by atoms with Gasteiger partial charge >= 0.3 is 0 Å². The summed E-state index contributed by atoms with van der Waals surface area (Å²) in [5.74, 6) is -0.842. The Morgan fingerprint density at radius 2 is 1.94 bits per heavy atom. The molecule has 0 radical (unpaired) electrons. The summed E-state index contributed by atoms with van der Waals surface area (Å²) in [4.78, 5) is 32.2. The number of rotatable bonds is 4. The molecule has 6 nitrogen and oxygen atoms in total. The number of pyridine rings is 1. The van der Waals surface area contributed by atoms with E-state index in [2.05, 4.69) is 11.9 Å². The van der Waals surface area contributed by atoms with Crippen LogP contribution in [0.1, 0.15) is 35.3 Å². The standard InChI is InChI=1S/C26H22N2O4/c1-2-16-6-9-19(10-7-16)28-23(20-5-3-4-13-27-20)22(25(30)26(28)31)24(29)18-8-11-21-17(15-18)12-14-32-21/h3-11,13,15,23,29H,2,12,14H2,1H3/b24-22-. The molecule has 2 aromatic carbocycles. The van der Waals surface area contributed by atoms with Crippen LogP contribution in [-0.4, -0.2) is 28.4 Å². The van der Waals surface area contributed by atoms with Gasteiger partial charge in [0.05, 0.1) is 17.9 Å². The van der Waals surface area contributed by atoms with Gasteiger partial charge in [0.25, 0.3) is 11.7 Å². The fourth-order valence-electron chi connectivity index (χ4n) is 4.30. The SMILES string of the molecule is CCc1ccc(N2C(=O)C(=O)/C(=C(\O)c3ccc4c(c3)CCO4)C2c2ccccn2)cc1. The minimum atomic E-state index is -0.826. The first-order chi connectivity index (χ1) is 15.6. The number of aryl methyl sites for hydroxylation is 1. The average molecular weight is 426 g/mol. The van der Waals surface area contributed by atoms with Gasteiger partial charge in [-0.3, -0.25) is 19.5 Å². The van der Waals surface area contributed by atoms with Crippen molar-refractivity contribution < 1.29 is 19.4 Å². The van der Waals surface area contributed by atoms with Crippen molar-refractivity contribution in [1.29, 1.82) is 0 Å². The highest BCUT2D eigenvalue weighted by atomic mass is 16.5. The van der Waals surface area contributed by atoms with E-state index in [1.54, 1.807) is 36.5 Å². The Kier molecular flexibility index (Phi) is 4.98. The first-order valence-electron chi connectivity index (χ1n) is 10.7. The highest BCUT2D eigenvalue weighted by molar-refractivity contribution is 6.51. The Hall–Kier alpha value is -3.93. The lowest BCUT2D eigenvalue weighted by Gasteiger charge is -2.24. The van der Waals surface area contributed by atoms with E-state index in [0.29, 0.717) is 23.6 Å². The fraction of sp³-hybridized carbons (Fsp3) is 0.192. The summed E-state index contributed by atoms with van der Waals surface area (Å²) in [5.41, 5.74) is 3.70. The normalized spacial score (nSPS) is 19.2. The third kappa shape index (κ3) is 3.24. The van der Waals surface area contributed by atoms with E-state index in [1.165, 1.54) is 4.90 Å². The second-order valence-electron chi connectivity index (χ2n) is 7.86. The third-order valence-electron chi connectivity index (χ3n) is 6.00. The van der Waals surface area contributed by atoms with Gasteiger partial charge in [-0.15, -0.1) is 0 Å². The number of ketones is 1. The highest BCUT2D eigenvalue weighted by Gasteiger charge is 2.47. The zero-order valence-electron chi connectivity index (χ0n) is 17.6. The molecule has 1 N–H and O–H groups in total. The number of anilines is 1. The lowest BCUT2D eigenvalue weighted by molar-refractivity contribution is -0.132. The van der Waals surface area contributed by atoms with Crippen molar-refractivity contribution >= 4 is 23.1 Å². The van der Waals surface area contributed by atoms with Crippen molar-refractivity contribution in [2.24, 2.45) is 0 Å². The topological polar surface area (TPSA) is 79.7 Å². The van der Waals surface area contributed by atoms with E-state index in [9.17, 15) is 14.7 Å². The number of nitrogens with zero attached hydrogens (tertiary/aromatic N) is 2. The van der Waals surface area contributed by atoms with Crippen molar-refractivity contribution in [2.75, 3.05) is 11.5 Å². The van der Waals surface area contributed by atoms with Crippen LogP contribution in [0, 0.1) is 0 Å². The Morgan fingerprint density at radius 1 is 1.12 bits per heavy atom. The number of amides is 1. The van der Waals surface area contributed by atoms with Crippen molar-refractivity contribution in [1.82, 2.24) is 4.98 Å². The van der Waals surface area contributed by atoms with Crippen LogP contribution < -0.4 is 9.64 Å². The smallest absolute Gasteiger partial charge is 0.300 e. The van der Waals surface area contributed by atoms with Crippen LogP contribution in [0.25, 0.3) is 5.76 Å². The number of aliphatic hydroxyl groups is 1. The largest absolute Gasteiger partial charge is 0.507 e. The van der Waals surface area contributed by atoms with Gasteiger partial charge in [0.15, 0.2) is 0 Å². The number of hydrogen-bond donors (Lipinski definition) is 1. The molecule has 1 fully saturated rings. The molecule has 160 valence electrons. The summed E-state index contributed by atoms with van der Waals surface area (Å²) in [6, 6.07) is 17.3. The quantitative estimate of drug-likeness (QED) is 0.384. The summed E-state index contributed by atoms with van der Waals surface area (Å²) in [6.07, 6.45) is 3.21. The van der Waals surface area contributed by atoms with E-state index in [-0.39, 0.29) is 11.3 Å². The highest BCUT2D eigenvalue weighted by Crippen LogP contribution is 2.42. The molecule has 6 heteroatoms. The predicted octanol–water partition coefficient (Wildman–Crippen LogP) is 4.21. The first-order valence-corrected chi connectivity index (χ1v) is 10.7. The van der Waals surface area contributed by atoms with E-state index >= 15 is 0 Å². The van der Waals surface area contributed by atoms with Crippen LogP contribution in [0.5, 0.6) is 5.75 Å². The Morgan fingerprint density at radius 3 is 2.66 bits per heavy atom. The first kappa shape index (κ1) is 20.0. The van der Waals surface area contributed by atoms with Gasteiger partial charge in [0.2, 0.25) is 0 Å². The van der Waals surface area contributed by atoms with E-state index in [1.807, 2.05) is 30.3 Å². The molecule has 0 aliphatic carbocycles. The second kappa shape index (κ2) is 7.96. The Bertz CT molecular complexity index is 1230. The van der Waals surface area contributed by atoms with E-state index < -0.39 is 17.7 Å². The van der Waals surface area contributed by atoms with Gasteiger partial charge in [-0.05, 0) is 60.0 Å². The second-order valence-corrected chi connectivity index (χ2v) is 7.86. The summed E-state index contributed by atoms with van der Waals surface area (Å²) in [5, 5.41) is 11.2. The van der Waals surface area contributed by atoms with Crippen molar-refractivity contribution in [3.05, 3.63) is 94.8 Å². The van der Waals surface area contributed by atoms with Crippen LogP contribution in [0.2, 0.25) is 0 Å². The third-order valence-corrected chi connectivity index (χ3v) is 6.00. The monoisotopic (exact) mass is 426 g/mol. The number of carbonyl (C=O) groups is 2. The van der Waals surface area contributed by atoms with Crippen molar-refractivity contribution in [2.45, 2.75) is 25.8 Å². The molecule has 3 aromatic rings. The minimum absolute atomic E-state index is 0.0344. The Labute approximate surface area is 185 Å². The molecule has 3 heterocycles. The van der Waals surface area contributed by atoms with Gasteiger partial charge in [-0.2, -0.15) is 0 Å². The maximum atomic E-state index is 13.2. The summed E-state index contributed by atoms with van der Waals surface area (Å²) >= 11 is 0. The number of carbonyl (C=O) groups excluding carboxylic acids is 2. The fourth-order valence-corrected chi connectivity index (χ4v) is 4.30. The number of ether oxygens (including phenoxy) is 1. The molecule has 2 aliphatic heterocycles. The molecule has 0 spiro atoms. The molecule has 0 saturated carbocycles. The molecule has 0 bridgehead atoms. The molecule has 2 aliphatic rings. The molecule has 5 rings (SSSR count). The molecular formula is C26H22N2O4. The molecule has 1 aromatic heterocycles. The minimum Gasteiger partial charge on any atom is -0.507 e. The molecule has 1 saturated heterocycles. The maximum absolute atomic E-state index is 13.2. The molecule has 1 atom stereocenters. The summed E-state index contributed by atoms with van der Waals surface area (Å²) in [6.45, 7) is 2.64. The lowest BCUT2D eigenvalue weighted by atomic mass is 9.97. The molecule has 1 amide bonds. The van der Waals surface area contributed by atoms with Crippen LogP contribution in [0.3, 0.4) is 0 Å². The number of benzene rings is 2. The molecule has 32 heavy (non-hydrogen) atoms.